The molecule has 10 heteroatoms. The maximum absolute atomic E-state index is 12.3. The number of rotatable bonds is 11. The normalized spacial score (nSPS) is 22.8. The molecule has 5 atom stereocenters. The van der Waals surface area contributed by atoms with Crippen LogP contribution in [0.5, 0.6) is 0 Å². The van der Waals surface area contributed by atoms with Crippen molar-refractivity contribution in [3.63, 3.8) is 0 Å². The van der Waals surface area contributed by atoms with Gasteiger partial charge in [0.05, 0.1) is 13.2 Å². The van der Waals surface area contributed by atoms with Gasteiger partial charge in [0.25, 0.3) is 8.32 Å². The van der Waals surface area contributed by atoms with E-state index in [1.54, 1.807) is 0 Å². The van der Waals surface area contributed by atoms with E-state index >= 15 is 0 Å². The molecule has 1 saturated heterocycles. The zero-order valence-corrected chi connectivity index (χ0v) is 25.5. The summed E-state index contributed by atoms with van der Waals surface area (Å²) in [5.74, 6) is -1.93. The Morgan fingerprint density at radius 1 is 0.805 bits per heavy atom. The Morgan fingerprint density at radius 3 is 1.71 bits per heavy atom. The van der Waals surface area contributed by atoms with Crippen LogP contribution >= 0.6 is 0 Å². The van der Waals surface area contributed by atoms with Crippen LogP contribution < -0.4 is 10.4 Å². The number of benzene rings is 2. The highest BCUT2D eigenvalue weighted by molar-refractivity contribution is 6.99. The van der Waals surface area contributed by atoms with Crippen LogP contribution in [0.2, 0.25) is 5.04 Å². The van der Waals surface area contributed by atoms with Gasteiger partial charge in [-0.1, -0.05) is 87.5 Å². The molecule has 0 saturated carbocycles. The van der Waals surface area contributed by atoms with Crippen molar-refractivity contribution in [3.8, 4) is 0 Å². The van der Waals surface area contributed by atoms with Crippen LogP contribution in [-0.2, 0) is 42.5 Å². The number of hydrogen-bond donors (Lipinski definition) is 0. The number of carbonyl (C=O) groups is 3. The molecule has 2 aromatic carbocycles. The smallest absolute Gasteiger partial charge is 0.303 e. The van der Waals surface area contributed by atoms with Crippen LogP contribution in [0.25, 0.3) is 0 Å². The molecule has 0 amide bonds. The van der Waals surface area contributed by atoms with E-state index in [1.807, 2.05) is 36.4 Å². The predicted molar refractivity (Wildman–Crippen MR) is 155 cm³/mol. The summed E-state index contributed by atoms with van der Waals surface area (Å²) in [7, 11) is -3.02. The van der Waals surface area contributed by atoms with Gasteiger partial charge in [-0.05, 0) is 15.4 Å². The molecule has 2 aromatic rings. The van der Waals surface area contributed by atoms with Gasteiger partial charge < -0.3 is 28.1 Å². The Labute approximate surface area is 242 Å². The zero-order chi connectivity index (χ0) is 30.2. The molecule has 0 bridgehead atoms. The van der Waals surface area contributed by atoms with Crippen LogP contribution in [0.4, 0.5) is 0 Å². The van der Waals surface area contributed by atoms with Gasteiger partial charge in [0, 0.05) is 20.8 Å². The zero-order valence-electron chi connectivity index (χ0n) is 24.5. The Balaban J connectivity index is 2.11. The van der Waals surface area contributed by atoms with E-state index < -0.39 is 56.9 Å². The Hall–Kier alpha value is -3.31. The number of ether oxygens (including phenoxy) is 5. The summed E-state index contributed by atoms with van der Waals surface area (Å²) >= 11 is 0. The monoisotopic (exact) mass is 584 g/mol. The lowest BCUT2D eigenvalue weighted by atomic mass is 9.98. The molecule has 0 radical (unpaired) electrons. The first-order valence-corrected chi connectivity index (χ1v) is 15.5. The molecule has 0 spiro atoms. The van der Waals surface area contributed by atoms with Crippen molar-refractivity contribution in [2.24, 2.45) is 0 Å². The first-order chi connectivity index (χ1) is 19.4. The molecular weight excluding hydrogens is 544 g/mol. The minimum Gasteiger partial charge on any atom is -0.456 e. The standard InChI is InChI=1S/C31H40O9Si/c1-8-19-35-30-29(39-23(4)34)28(38-22(3)33)27(37-21(2)32)26(40-30)20-36-41(31(5,6)7,24-15-11-9-12-16-24)25-17-13-10-14-18-25/h8-18,26-30H,1,19-20H2,2-7H3/t26-,27+,28+,29-,30-/m1/s1. The van der Waals surface area contributed by atoms with Crippen LogP contribution in [0.3, 0.4) is 0 Å². The van der Waals surface area contributed by atoms with E-state index in [-0.39, 0.29) is 18.3 Å². The SMILES string of the molecule is C=CCO[C@@H]1O[C@H](CO[Si](c2ccccc2)(c2ccccc2)C(C)(C)C)[C@H](OC(C)=O)[C@H](OC(C)=O)[C@H]1OC(C)=O. The molecule has 1 aliphatic rings. The number of hydrogen-bond acceptors (Lipinski definition) is 9. The maximum Gasteiger partial charge on any atom is 0.303 e. The van der Waals surface area contributed by atoms with Crippen molar-refractivity contribution in [1.82, 2.24) is 0 Å². The first-order valence-electron chi connectivity index (χ1n) is 13.5. The third-order valence-electron chi connectivity index (χ3n) is 6.76. The second-order valence-electron chi connectivity index (χ2n) is 10.9. The molecule has 222 valence electrons. The van der Waals surface area contributed by atoms with E-state index in [2.05, 4.69) is 51.6 Å². The van der Waals surface area contributed by atoms with Gasteiger partial charge in [0.2, 0.25) is 0 Å². The summed E-state index contributed by atoms with van der Waals surface area (Å²) in [4.78, 5) is 36.5. The van der Waals surface area contributed by atoms with Crippen molar-refractivity contribution in [2.75, 3.05) is 13.2 Å². The second kappa shape index (κ2) is 14.0. The lowest BCUT2D eigenvalue weighted by Gasteiger charge is -2.47. The Bertz CT molecular complexity index is 1140. The van der Waals surface area contributed by atoms with Crippen LogP contribution in [-0.4, -0.2) is 70.1 Å². The van der Waals surface area contributed by atoms with E-state index in [1.165, 1.54) is 26.8 Å². The van der Waals surface area contributed by atoms with Crippen molar-refractivity contribution >= 4 is 36.6 Å². The summed E-state index contributed by atoms with van der Waals surface area (Å²) < 4.78 is 35.9. The van der Waals surface area contributed by atoms with Crippen LogP contribution in [0, 0.1) is 0 Å². The lowest BCUT2D eigenvalue weighted by molar-refractivity contribution is -0.304. The van der Waals surface area contributed by atoms with E-state index in [4.69, 9.17) is 28.1 Å². The fourth-order valence-electron chi connectivity index (χ4n) is 5.25. The Morgan fingerprint density at radius 2 is 1.27 bits per heavy atom. The van der Waals surface area contributed by atoms with Crippen LogP contribution in [0.1, 0.15) is 41.5 Å². The van der Waals surface area contributed by atoms with Gasteiger partial charge in [-0.15, -0.1) is 6.58 Å². The van der Waals surface area contributed by atoms with Crippen molar-refractivity contribution in [3.05, 3.63) is 73.3 Å². The van der Waals surface area contributed by atoms with Gasteiger partial charge >= 0.3 is 17.9 Å². The van der Waals surface area contributed by atoms with Gasteiger partial charge in [0.1, 0.15) is 6.10 Å². The third kappa shape index (κ3) is 7.71. The highest BCUT2D eigenvalue weighted by Gasteiger charge is 2.55. The Kier molecular flexibility index (Phi) is 11.0. The molecular formula is C31H40O9Si. The quantitative estimate of drug-likeness (QED) is 0.170. The van der Waals surface area contributed by atoms with Crippen molar-refractivity contribution in [2.45, 2.75) is 77.3 Å². The molecule has 0 aliphatic carbocycles. The van der Waals surface area contributed by atoms with Crippen molar-refractivity contribution in [1.29, 1.82) is 0 Å². The molecule has 9 nitrogen and oxygen atoms in total. The largest absolute Gasteiger partial charge is 0.456 e. The molecule has 1 heterocycles. The summed E-state index contributed by atoms with van der Waals surface area (Å²) in [6.45, 7) is 13.8. The lowest BCUT2D eigenvalue weighted by Crippen LogP contribution is -2.68. The average Bonchev–Trinajstić information content (AvgIpc) is 2.90. The highest BCUT2D eigenvalue weighted by Crippen LogP contribution is 2.38. The van der Waals surface area contributed by atoms with Gasteiger partial charge in [-0.25, -0.2) is 0 Å². The maximum atomic E-state index is 12.3. The van der Waals surface area contributed by atoms with E-state index in [9.17, 15) is 14.4 Å². The summed E-state index contributed by atoms with van der Waals surface area (Å²) in [6.07, 6.45) is -4.14. The van der Waals surface area contributed by atoms with Gasteiger partial charge in [-0.2, -0.15) is 0 Å². The minimum atomic E-state index is -3.02. The van der Waals surface area contributed by atoms with Gasteiger partial charge in [-0.3, -0.25) is 14.4 Å². The van der Waals surface area contributed by atoms with Crippen molar-refractivity contribution < 1.29 is 42.5 Å². The molecule has 1 fully saturated rings. The predicted octanol–water partition coefficient (Wildman–Crippen LogP) is 3.29. The fourth-order valence-corrected chi connectivity index (χ4v) is 9.82. The average molecular weight is 585 g/mol. The van der Waals surface area contributed by atoms with Gasteiger partial charge in [0.15, 0.2) is 24.6 Å². The topological polar surface area (TPSA) is 107 Å². The summed E-state index contributed by atoms with van der Waals surface area (Å²) in [6, 6.07) is 20.1. The first kappa shape index (κ1) is 32.2. The van der Waals surface area contributed by atoms with E-state index in [0.717, 1.165) is 10.4 Å². The summed E-state index contributed by atoms with van der Waals surface area (Å²) in [5, 5.41) is 1.76. The number of esters is 3. The second-order valence-corrected chi connectivity index (χ2v) is 15.2. The third-order valence-corrected chi connectivity index (χ3v) is 11.8. The molecule has 0 N–H and O–H groups in total. The fraction of sp³-hybridized carbons (Fsp3) is 0.452. The molecule has 1 aliphatic heterocycles. The molecule has 41 heavy (non-hydrogen) atoms. The highest BCUT2D eigenvalue weighted by atomic mass is 28.4. The van der Waals surface area contributed by atoms with Crippen LogP contribution in [0.15, 0.2) is 73.3 Å². The summed E-state index contributed by atoms with van der Waals surface area (Å²) in [5.41, 5.74) is 0. The van der Waals surface area contributed by atoms with E-state index in [0.29, 0.717) is 0 Å². The minimum absolute atomic E-state index is 0.0380. The molecule has 0 aromatic heterocycles. The molecule has 3 rings (SSSR count). The number of carbonyl (C=O) groups excluding carboxylic acids is 3. The molecule has 0 unspecified atom stereocenters.